The molecule has 0 aliphatic rings. The maximum atomic E-state index is 12.8. The van der Waals surface area contributed by atoms with Crippen molar-refractivity contribution >= 4 is 29.5 Å². The van der Waals surface area contributed by atoms with Gasteiger partial charge in [0.25, 0.3) is 0 Å². The largest absolute Gasteiger partial charge is 0.480 e. The van der Waals surface area contributed by atoms with E-state index in [1.54, 1.807) is 6.20 Å². The molecule has 0 aliphatic heterocycles. The Kier molecular flexibility index (Phi) is 9.36. The molecule has 2 aromatic rings. The van der Waals surface area contributed by atoms with E-state index in [9.17, 15) is 19.5 Å². The molecule has 9 nitrogen and oxygen atoms in total. The summed E-state index contributed by atoms with van der Waals surface area (Å²) in [5.74, 6) is -1.59. The van der Waals surface area contributed by atoms with Crippen LogP contribution in [0.5, 0.6) is 0 Å². The lowest BCUT2D eigenvalue weighted by Crippen LogP contribution is -2.55. The number of hydrogen-bond acceptors (Lipinski definition) is 6. The van der Waals surface area contributed by atoms with Crippen molar-refractivity contribution in [2.75, 3.05) is 12.0 Å². The van der Waals surface area contributed by atoms with Gasteiger partial charge in [0.05, 0.1) is 12.4 Å². The van der Waals surface area contributed by atoms with Crippen LogP contribution in [-0.4, -0.2) is 63.0 Å². The molecule has 0 bridgehead atoms. The number of carbonyl (C=O) groups excluding carboxylic acids is 2. The lowest BCUT2D eigenvalue weighted by atomic mass is 10.0. The van der Waals surface area contributed by atoms with Gasteiger partial charge in [0, 0.05) is 24.7 Å². The number of H-pyrrole nitrogens is 1. The van der Waals surface area contributed by atoms with E-state index in [0.717, 1.165) is 5.56 Å². The van der Waals surface area contributed by atoms with E-state index < -0.39 is 35.9 Å². The van der Waals surface area contributed by atoms with E-state index in [2.05, 4.69) is 20.6 Å². The van der Waals surface area contributed by atoms with E-state index >= 15 is 0 Å². The predicted octanol–water partition coefficient (Wildman–Crippen LogP) is 0.330. The zero-order valence-corrected chi connectivity index (χ0v) is 17.5. The fraction of sp³-hybridized carbons (Fsp3) is 0.400. The zero-order chi connectivity index (χ0) is 21.9. The Morgan fingerprint density at radius 3 is 2.43 bits per heavy atom. The number of carboxylic acid groups (broad SMARTS) is 1. The number of aromatic amines is 1. The highest BCUT2D eigenvalue weighted by Crippen LogP contribution is 2.07. The molecule has 1 aromatic heterocycles. The Balaban J connectivity index is 2.09. The summed E-state index contributed by atoms with van der Waals surface area (Å²) in [6, 6.07) is 6.30. The van der Waals surface area contributed by atoms with Crippen LogP contribution < -0.4 is 16.4 Å². The van der Waals surface area contributed by atoms with Gasteiger partial charge >= 0.3 is 5.97 Å². The van der Waals surface area contributed by atoms with E-state index in [1.165, 1.54) is 18.1 Å². The fourth-order valence-corrected chi connectivity index (χ4v) is 3.30. The summed E-state index contributed by atoms with van der Waals surface area (Å²) in [6.07, 6.45) is 5.66. The van der Waals surface area contributed by atoms with Crippen LogP contribution in [-0.2, 0) is 27.2 Å². The molecule has 0 spiro atoms. The molecule has 162 valence electrons. The molecule has 3 atom stereocenters. The van der Waals surface area contributed by atoms with Crippen LogP contribution in [0.4, 0.5) is 0 Å². The van der Waals surface area contributed by atoms with Crippen molar-refractivity contribution in [1.82, 2.24) is 20.6 Å². The first-order chi connectivity index (χ1) is 14.4. The highest BCUT2D eigenvalue weighted by molar-refractivity contribution is 7.98. The highest BCUT2D eigenvalue weighted by atomic mass is 32.2. The lowest BCUT2D eigenvalue weighted by molar-refractivity contribution is -0.142. The van der Waals surface area contributed by atoms with Crippen LogP contribution in [0.2, 0.25) is 0 Å². The molecule has 2 rings (SSSR count). The second-order valence-electron chi connectivity index (χ2n) is 6.82. The van der Waals surface area contributed by atoms with Crippen molar-refractivity contribution in [3.05, 3.63) is 54.1 Å². The molecule has 0 saturated heterocycles. The van der Waals surface area contributed by atoms with Crippen molar-refractivity contribution in [3.8, 4) is 0 Å². The van der Waals surface area contributed by atoms with Crippen LogP contribution in [0.3, 0.4) is 0 Å². The molecule has 0 saturated carbocycles. The van der Waals surface area contributed by atoms with Crippen LogP contribution in [0.1, 0.15) is 17.7 Å². The number of nitrogens with two attached hydrogens (primary N) is 1. The molecular weight excluding hydrogens is 406 g/mol. The molecular formula is C20H27N5O4S. The normalized spacial score (nSPS) is 13.8. The Bertz CT molecular complexity index is 816. The second kappa shape index (κ2) is 12.0. The third-order valence-electron chi connectivity index (χ3n) is 4.47. The first kappa shape index (κ1) is 23.4. The standard InChI is InChI=1S/C20H27N5O4S/c1-30-8-7-16(20(28)29)24-19(27)17(9-13-5-3-2-4-6-13)25-18(26)15(21)10-14-11-22-12-23-14/h2-6,11-12,15-17H,7-10,21H2,1H3,(H,22,23)(H,24,27)(H,25,26)(H,28,29)/t15-,16-,17-/m0/s1. The predicted molar refractivity (Wildman–Crippen MR) is 115 cm³/mol. The van der Waals surface area contributed by atoms with Gasteiger partial charge in [-0.15, -0.1) is 0 Å². The Labute approximate surface area is 179 Å². The SMILES string of the molecule is CSCC[C@H](NC(=O)[C@H](Cc1ccccc1)NC(=O)[C@@H](N)Cc1cnc[nH]1)C(=O)O. The van der Waals surface area contributed by atoms with Crippen molar-refractivity contribution in [3.63, 3.8) is 0 Å². The lowest BCUT2D eigenvalue weighted by Gasteiger charge is -2.23. The van der Waals surface area contributed by atoms with Crippen molar-refractivity contribution in [2.24, 2.45) is 5.73 Å². The third kappa shape index (κ3) is 7.53. The number of thioether (sulfide) groups is 1. The number of carbonyl (C=O) groups is 3. The number of aromatic nitrogens is 2. The van der Waals surface area contributed by atoms with E-state index in [-0.39, 0.29) is 19.3 Å². The number of hydrogen-bond donors (Lipinski definition) is 5. The topological polar surface area (TPSA) is 150 Å². The molecule has 10 heteroatoms. The van der Waals surface area contributed by atoms with E-state index in [1.807, 2.05) is 36.6 Å². The minimum absolute atomic E-state index is 0.212. The minimum Gasteiger partial charge on any atom is -0.480 e. The Morgan fingerprint density at radius 1 is 1.13 bits per heavy atom. The molecule has 0 fully saturated rings. The molecule has 2 amide bonds. The first-order valence-electron chi connectivity index (χ1n) is 9.50. The van der Waals surface area contributed by atoms with Crippen molar-refractivity contribution in [2.45, 2.75) is 37.4 Å². The summed E-state index contributed by atoms with van der Waals surface area (Å²) in [7, 11) is 0. The fourth-order valence-electron chi connectivity index (χ4n) is 2.83. The first-order valence-corrected chi connectivity index (χ1v) is 10.9. The van der Waals surface area contributed by atoms with Crippen LogP contribution >= 0.6 is 11.8 Å². The van der Waals surface area contributed by atoms with Gasteiger partial charge < -0.3 is 26.5 Å². The summed E-state index contributed by atoms with van der Waals surface area (Å²) in [6.45, 7) is 0. The smallest absolute Gasteiger partial charge is 0.326 e. The van der Waals surface area contributed by atoms with Gasteiger partial charge in [-0.25, -0.2) is 9.78 Å². The summed E-state index contributed by atoms with van der Waals surface area (Å²) in [5.41, 5.74) is 7.51. The maximum Gasteiger partial charge on any atom is 0.326 e. The van der Waals surface area contributed by atoms with Gasteiger partial charge in [-0.3, -0.25) is 9.59 Å². The van der Waals surface area contributed by atoms with E-state index in [4.69, 9.17) is 5.73 Å². The van der Waals surface area contributed by atoms with Gasteiger partial charge in [-0.05, 0) is 24.0 Å². The number of nitrogens with zero attached hydrogens (tertiary/aromatic N) is 1. The number of amides is 2. The minimum atomic E-state index is -1.11. The zero-order valence-electron chi connectivity index (χ0n) is 16.7. The van der Waals surface area contributed by atoms with Gasteiger partial charge in [-0.1, -0.05) is 30.3 Å². The Hall–Kier alpha value is -2.85. The van der Waals surface area contributed by atoms with Crippen LogP contribution in [0.15, 0.2) is 42.9 Å². The summed E-state index contributed by atoms with van der Waals surface area (Å²) in [5, 5.41) is 14.6. The molecule has 30 heavy (non-hydrogen) atoms. The average molecular weight is 434 g/mol. The molecule has 0 unspecified atom stereocenters. The third-order valence-corrected chi connectivity index (χ3v) is 5.12. The number of rotatable bonds is 12. The van der Waals surface area contributed by atoms with Crippen LogP contribution in [0, 0.1) is 0 Å². The maximum absolute atomic E-state index is 12.8. The summed E-state index contributed by atoms with van der Waals surface area (Å²) >= 11 is 1.49. The molecule has 1 aromatic carbocycles. The number of imidazole rings is 1. The summed E-state index contributed by atoms with van der Waals surface area (Å²) < 4.78 is 0. The van der Waals surface area contributed by atoms with Gasteiger partial charge in [0.2, 0.25) is 11.8 Å². The molecule has 6 N–H and O–H groups in total. The van der Waals surface area contributed by atoms with Gasteiger partial charge in [0.15, 0.2) is 0 Å². The van der Waals surface area contributed by atoms with Crippen molar-refractivity contribution in [1.29, 1.82) is 0 Å². The van der Waals surface area contributed by atoms with Crippen molar-refractivity contribution < 1.29 is 19.5 Å². The van der Waals surface area contributed by atoms with E-state index in [0.29, 0.717) is 11.4 Å². The highest BCUT2D eigenvalue weighted by Gasteiger charge is 2.28. The average Bonchev–Trinajstić information content (AvgIpc) is 3.23. The Morgan fingerprint density at radius 2 is 1.83 bits per heavy atom. The second-order valence-corrected chi connectivity index (χ2v) is 7.80. The number of nitrogens with one attached hydrogen (secondary N) is 3. The quantitative estimate of drug-likeness (QED) is 0.324. The monoisotopic (exact) mass is 433 g/mol. The molecule has 1 heterocycles. The molecule has 0 radical (unpaired) electrons. The molecule has 0 aliphatic carbocycles. The number of benzene rings is 1. The number of aliphatic carboxylic acids is 1. The number of carboxylic acids is 1. The summed E-state index contributed by atoms with van der Waals surface area (Å²) in [4.78, 5) is 43.7. The van der Waals surface area contributed by atoms with Gasteiger partial charge in [-0.2, -0.15) is 11.8 Å². The van der Waals surface area contributed by atoms with Crippen LogP contribution in [0.25, 0.3) is 0 Å². The van der Waals surface area contributed by atoms with Gasteiger partial charge in [0.1, 0.15) is 12.1 Å².